The molecule has 0 radical (unpaired) electrons. The second-order valence-corrected chi connectivity index (χ2v) is 4.38. The molecule has 0 atom stereocenters. The van der Waals surface area contributed by atoms with Gasteiger partial charge in [0.1, 0.15) is 3.70 Å². The van der Waals surface area contributed by atoms with Crippen LogP contribution in [-0.2, 0) is 11.5 Å². The van der Waals surface area contributed by atoms with Gasteiger partial charge in [-0.2, -0.15) is 13.2 Å². The van der Waals surface area contributed by atoms with Gasteiger partial charge < -0.3 is 0 Å². The van der Waals surface area contributed by atoms with E-state index in [1.54, 1.807) is 0 Å². The molecule has 1 heterocycles. The van der Waals surface area contributed by atoms with Crippen LogP contribution in [0.4, 0.5) is 22.0 Å². The molecule has 0 amide bonds. The van der Waals surface area contributed by atoms with E-state index in [1.165, 1.54) is 22.6 Å². The molecule has 0 aliphatic rings. The highest BCUT2D eigenvalue weighted by molar-refractivity contribution is 14.1. The van der Waals surface area contributed by atoms with Gasteiger partial charge in [-0.15, -0.1) is 0 Å². The van der Waals surface area contributed by atoms with E-state index >= 15 is 0 Å². The minimum atomic E-state index is -4.82. The van der Waals surface area contributed by atoms with Crippen LogP contribution in [0.15, 0.2) is 6.07 Å². The Morgan fingerprint density at radius 3 is 2.31 bits per heavy atom. The number of alkyl halides is 6. The second kappa shape index (κ2) is 5.11. The summed E-state index contributed by atoms with van der Waals surface area (Å²) < 4.78 is 62.1. The average Bonchev–Trinajstić information content (AvgIpc) is 2.14. The molecule has 0 spiro atoms. The largest absolute Gasteiger partial charge is 0.419 e. The number of hydrogen-bond acceptors (Lipinski definition) is 1. The molecule has 1 nitrogen and oxygen atoms in total. The molecule has 0 saturated carbocycles. The van der Waals surface area contributed by atoms with Gasteiger partial charge in [0.25, 0.3) is 6.43 Å². The first-order valence-corrected chi connectivity index (χ1v) is 6.08. The summed E-state index contributed by atoms with van der Waals surface area (Å²) >= 11 is 4.27. The lowest BCUT2D eigenvalue weighted by Gasteiger charge is -2.14. The molecule has 0 aliphatic carbocycles. The predicted octanol–water partition coefficient (Wildman–Crippen LogP) is 4.54. The number of nitrogens with zero attached hydrogens (tertiary/aromatic N) is 1. The molecule has 90 valence electrons. The van der Waals surface area contributed by atoms with Gasteiger partial charge in [-0.1, -0.05) is 15.9 Å². The van der Waals surface area contributed by atoms with Gasteiger partial charge in [0, 0.05) is 10.9 Å². The van der Waals surface area contributed by atoms with Gasteiger partial charge in [0.05, 0.1) is 11.3 Å². The van der Waals surface area contributed by atoms with Crippen molar-refractivity contribution in [2.75, 3.05) is 0 Å². The molecular formula is C8H4BrF5IN. The summed E-state index contributed by atoms with van der Waals surface area (Å²) in [6.45, 7) is 0. The first kappa shape index (κ1) is 14.1. The second-order valence-electron chi connectivity index (χ2n) is 2.80. The molecule has 1 aromatic heterocycles. The van der Waals surface area contributed by atoms with Crippen LogP contribution < -0.4 is 0 Å². The lowest BCUT2D eigenvalue weighted by Crippen LogP contribution is -2.14. The van der Waals surface area contributed by atoms with Crippen molar-refractivity contribution in [3.8, 4) is 0 Å². The van der Waals surface area contributed by atoms with Gasteiger partial charge in [0.2, 0.25) is 0 Å². The molecular weight excluding hydrogens is 412 g/mol. The van der Waals surface area contributed by atoms with E-state index in [1.807, 2.05) is 0 Å². The van der Waals surface area contributed by atoms with E-state index in [4.69, 9.17) is 0 Å². The van der Waals surface area contributed by atoms with Gasteiger partial charge in [-0.3, -0.25) is 0 Å². The molecule has 0 aliphatic heterocycles. The average molecular weight is 416 g/mol. The number of aromatic nitrogens is 1. The van der Waals surface area contributed by atoms with Crippen molar-refractivity contribution >= 4 is 38.5 Å². The molecule has 0 saturated heterocycles. The fourth-order valence-electron chi connectivity index (χ4n) is 1.11. The Hall–Kier alpha value is 0.01000. The summed E-state index contributed by atoms with van der Waals surface area (Å²) in [6.07, 6.45) is -7.99. The Kier molecular flexibility index (Phi) is 4.49. The van der Waals surface area contributed by atoms with E-state index < -0.39 is 27.4 Å². The molecule has 0 fully saturated rings. The maximum Gasteiger partial charge on any atom is 0.419 e. The number of rotatable bonds is 2. The summed E-state index contributed by atoms with van der Waals surface area (Å²) in [7, 11) is 0. The minimum Gasteiger partial charge on any atom is -0.245 e. The fraction of sp³-hybridized carbons (Fsp3) is 0.375. The Morgan fingerprint density at radius 2 is 1.94 bits per heavy atom. The number of pyridine rings is 1. The molecule has 8 heteroatoms. The Labute approximate surface area is 110 Å². The van der Waals surface area contributed by atoms with Crippen molar-refractivity contribution in [2.24, 2.45) is 0 Å². The van der Waals surface area contributed by atoms with Crippen LogP contribution in [0.3, 0.4) is 0 Å². The van der Waals surface area contributed by atoms with E-state index in [9.17, 15) is 22.0 Å². The third kappa shape index (κ3) is 3.02. The Balaban J connectivity index is 3.46. The van der Waals surface area contributed by atoms with Crippen molar-refractivity contribution in [1.29, 1.82) is 0 Å². The van der Waals surface area contributed by atoms with Crippen LogP contribution in [0.2, 0.25) is 0 Å². The zero-order valence-corrected chi connectivity index (χ0v) is 11.2. The number of halogens is 7. The van der Waals surface area contributed by atoms with Crippen molar-refractivity contribution in [3.63, 3.8) is 0 Å². The van der Waals surface area contributed by atoms with Crippen molar-refractivity contribution in [1.82, 2.24) is 4.98 Å². The van der Waals surface area contributed by atoms with Crippen molar-refractivity contribution in [2.45, 2.75) is 17.9 Å². The molecule has 0 N–H and O–H groups in total. The van der Waals surface area contributed by atoms with E-state index in [-0.39, 0.29) is 11.0 Å². The highest BCUT2D eigenvalue weighted by Gasteiger charge is 2.39. The van der Waals surface area contributed by atoms with Gasteiger partial charge in [-0.05, 0) is 28.7 Å². The van der Waals surface area contributed by atoms with Crippen LogP contribution in [-0.4, -0.2) is 4.98 Å². The SMILES string of the molecule is FC(F)c1cc(CBr)nc(I)c1C(F)(F)F. The maximum absolute atomic E-state index is 12.5. The Bertz CT molecular complexity index is 393. The summed E-state index contributed by atoms with van der Waals surface area (Å²) in [5.41, 5.74) is -2.23. The molecule has 0 unspecified atom stereocenters. The van der Waals surface area contributed by atoms with Gasteiger partial charge >= 0.3 is 6.18 Å². The normalized spacial score (nSPS) is 12.2. The minimum absolute atomic E-state index is 0.126. The Morgan fingerprint density at radius 1 is 1.38 bits per heavy atom. The van der Waals surface area contributed by atoms with E-state index in [2.05, 4.69) is 20.9 Å². The standard InChI is InChI=1S/C8H4BrF5IN/c9-2-3-1-4(6(10)11)5(7(15)16-3)8(12,13)14/h1,6H,2H2. The van der Waals surface area contributed by atoms with Crippen LogP contribution in [0.5, 0.6) is 0 Å². The lowest BCUT2D eigenvalue weighted by molar-refractivity contribution is -0.140. The first-order valence-electron chi connectivity index (χ1n) is 3.88. The maximum atomic E-state index is 12.5. The summed E-state index contributed by atoms with van der Waals surface area (Å²) in [4.78, 5) is 3.59. The van der Waals surface area contributed by atoms with Crippen LogP contribution in [0.1, 0.15) is 23.2 Å². The van der Waals surface area contributed by atoms with Crippen LogP contribution in [0.25, 0.3) is 0 Å². The fourth-order valence-corrected chi connectivity index (χ4v) is 2.32. The summed E-state index contributed by atoms with van der Waals surface area (Å²) in [6, 6.07) is 0.768. The highest BCUT2D eigenvalue weighted by atomic mass is 127. The quantitative estimate of drug-likeness (QED) is 0.299. The van der Waals surface area contributed by atoms with E-state index in [0.29, 0.717) is 0 Å². The monoisotopic (exact) mass is 415 g/mol. The van der Waals surface area contributed by atoms with Gasteiger partial charge in [0.15, 0.2) is 0 Å². The molecule has 0 aromatic carbocycles. The third-order valence-corrected chi connectivity index (χ3v) is 3.07. The van der Waals surface area contributed by atoms with Gasteiger partial charge in [-0.25, -0.2) is 13.8 Å². The summed E-state index contributed by atoms with van der Waals surface area (Å²) in [5.74, 6) is 0. The van der Waals surface area contributed by atoms with Crippen molar-refractivity contribution < 1.29 is 22.0 Å². The number of hydrogen-bond donors (Lipinski definition) is 0. The smallest absolute Gasteiger partial charge is 0.245 e. The van der Waals surface area contributed by atoms with Crippen LogP contribution >= 0.6 is 38.5 Å². The zero-order valence-electron chi connectivity index (χ0n) is 7.45. The molecule has 1 rings (SSSR count). The molecule has 1 aromatic rings. The molecule has 16 heavy (non-hydrogen) atoms. The van der Waals surface area contributed by atoms with Crippen molar-refractivity contribution in [3.05, 3.63) is 26.6 Å². The van der Waals surface area contributed by atoms with Crippen LogP contribution in [0, 0.1) is 3.70 Å². The van der Waals surface area contributed by atoms with E-state index in [0.717, 1.165) is 6.07 Å². The summed E-state index contributed by atoms with van der Waals surface area (Å²) in [5, 5.41) is 0.126. The molecule has 0 bridgehead atoms. The predicted molar refractivity (Wildman–Crippen MR) is 59.5 cm³/mol. The highest BCUT2D eigenvalue weighted by Crippen LogP contribution is 2.39. The first-order chi connectivity index (χ1) is 7.27. The lowest BCUT2D eigenvalue weighted by atomic mass is 10.1. The zero-order chi connectivity index (χ0) is 12.5. The topological polar surface area (TPSA) is 12.9 Å². The third-order valence-electron chi connectivity index (χ3n) is 1.71.